The van der Waals surface area contributed by atoms with Crippen LogP contribution in [0.1, 0.15) is 36.8 Å². The predicted molar refractivity (Wildman–Crippen MR) is 111 cm³/mol. The lowest BCUT2D eigenvalue weighted by Crippen LogP contribution is -2.40. The molecular weight excluding hydrogens is 399 g/mol. The quantitative estimate of drug-likeness (QED) is 0.213. The van der Waals surface area contributed by atoms with E-state index in [0.717, 1.165) is 31.9 Å². The summed E-state index contributed by atoms with van der Waals surface area (Å²) < 4.78 is 0. The summed E-state index contributed by atoms with van der Waals surface area (Å²) in [5.41, 5.74) is 2.58. The van der Waals surface area contributed by atoms with Crippen molar-refractivity contribution < 1.29 is 0 Å². The summed E-state index contributed by atoms with van der Waals surface area (Å²) in [5, 5.41) is 3.44. The summed E-state index contributed by atoms with van der Waals surface area (Å²) in [4.78, 5) is 10.7. The van der Waals surface area contributed by atoms with Gasteiger partial charge in [0.25, 0.3) is 0 Å². The molecule has 0 unspecified atom stereocenters. The Morgan fingerprint density at radius 1 is 1.39 bits per heavy atom. The molecule has 4 nitrogen and oxygen atoms in total. The molecule has 0 aromatic carbocycles. The molecule has 5 heteroatoms. The van der Waals surface area contributed by atoms with Gasteiger partial charge in [0.15, 0.2) is 5.96 Å². The minimum absolute atomic E-state index is 0. The number of nitrogens with zero attached hydrogens (tertiary/aromatic N) is 3. The van der Waals surface area contributed by atoms with Crippen molar-refractivity contribution in [1.82, 2.24) is 15.2 Å². The lowest BCUT2D eigenvalue weighted by molar-refractivity contribution is 0.455. The molecule has 23 heavy (non-hydrogen) atoms. The molecule has 1 aromatic heterocycles. The second kappa shape index (κ2) is 13.3. The SMILES string of the molecule is C=CCCCCCN(C)C(=NC)NCCc1ccncc1C.I. The van der Waals surface area contributed by atoms with E-state index in [1.165, 1.54) is 30.4 Å². The Kier molecular flexibility index (Phi) is 12.7. The number of pyridine rings is 1. The van der Waals surface area contributed by atoms with Crippen molar-refractivity contribution >= 4 is 29.9 Å². The van der Waals surface area contributed by atoms with Gasteiger partial charge in [0.1, 0.15) is 0 Å². The molecule has 0 spiro atoms. The van der Waals surface area contributed by atoms with Gasteiger partial charge >= 0.3 is 0 Å². The molecule has 130 valence electrons. The summed E-state index contributed by atoms with van der Waals surface area (Å²) in [5.74, 6) is 0.968. The first-order valence-corrected chi connectivity index (χ1v) is 8.11. The normalized spacial score (nSPS) is 10.8. The van der Waals surface area contributed by atoms with Crippen LogP contribution in [0.5, 0.6) is 0 Å². The van der Waals surface area contributed by atoms with Gasteiger partial charge in [-0.2, -0.15) is 0 Å². The molecule has 0 radical (unpaired) electrons. The molecule has 0 saturated heterocycles. The number of hydrogen-bond acceptors (Lipinski definition) is 2. The zero-order valence-corrected chi connectivity index (χ0v) is 17.0. The number of aliphatic imine (C=N–C) groups is 1. The van der Waals surface area contributed by atoms with Gasteiger partial charge in [-0.1, -0.05) is 12.5 Å². The highest BCUT2D eigenvalue weighted by molar-refractivity contribution is 14.0. The van der Waals surface area contributed by atoms with Gasteiger partial charge in [-0.05, 0) is 49.8 Å². The predicted octanol–water partition coefficient (Wildman–Crippen LogP) is 3.80. The van der Waals surface area contributed by atoms with E-state index in [1.54, 1.807) is 0 Å². The molecule has 1 heterocycles. The maximum absolute atomic E-state index is 4.36. The molecule has 1 rings (SSSR count). The van der Waals surface area contributed by atoms with E-state index in [-0.39, 0.29) is 24.0 Å². The maximum atomic E-state index is 4.36. The fourth-order valence-electron chi connectivity index (χ4n) is 2.40. The molecule has 0 saturated carbocycles. The van der Waals surface area contributed by atoms with Gasteiger partial charge in [-0.3, -0.25) is 9.98 Å². The van der Waals surface area contributed by atoms with Crippen LogP contribution in [0, 0.1) is 6.92 Å². The first-order chi connectivity index (χ1) is 10.7. The summed E-state index contributed by atoms with van der Waals surface area (Å²) >= 11 is 0. The Bertz CT molecular complexity index is 474. The van der Waals surface area contributed by atoms with Gasteiger partial charge in [0, 0.05) is 39.6 Å². The first kappa shape index (κ1) is 21.9. The highest BCUT2D eigenvalue weighted by Gasteiger charge is 2.05. The third-order valence-corrected chi connectivity index (χ3v) is 3.79. The number of hydrogen-bond donors (Lipinski definition) is 1. The fraction of sp³-hybridized carbons (Fsp3) is 0.556. The minimum Gasteiger partial charge on any atom is -0.356 e. The summed E-state index contributed by atoms with van der Waals surface area (Å²) in [6.45, 7) is 7.78. The molecule has 1 N–H and O–H groups in total. The Balaban J connectivity index is 0.00000484. The van der Waals surface area contributed by atoms with Crippen molar-refractivity contribution in [1.29, 1.82) is 0 Å². The van der Waals surface area contributed by atoms with Gasteiger partial charge in [0.05, 0.1) is 0 Å². The van der Waals surface area contributed by atoms with Crippen LogP contribution < -0.4 is 5.32 Å². The average Bonchev–Trinajstić information content (AvgIpc) is 2.53. The third-order valence-electron chi connectivity index (χ3n) is 3.79. The van der Waals surface area contributed by atoms with Crippen LogP contribution in [0.15, 0.2) is 36.1 Å². The van der Waals surface area contributed by atoms with Crippen molar-refractivity contribution in [2.45, 2.75) is 39.0 Å². The molecule has 0 amide bonds. The highest BCUT2D eigenvalue weighted by Crippen LogP contribution is 2.05. The number of allylic oxidation sites excluding steroid dienone is 1. The zero-order chi connectivity index (χ0) is 16.2. The van der Waals surface area contributed by atoms with Crippen molar-refractivity contribution in [3.05, 3.63) is 42.2 Å². The van der Waals surface area contributed by atoms with Crippen LogP contribution in [-0.2, 0) is 6.42 Å². The van der Waals surface area contributed by atoms with Crippen molar-refractivity contribution in [2.24, 2.45) is 4.99 Å². The molecule has 0 aliphatic carbocycles. The molecular formula is C18H31IN4. The van der Waals surface area contributed by atoms with Gasteiger partial charge in [-0.15, -0.1) is 30.6 Å². The monoisotopic (exact) mass is 430 g/mol. The van der Waals surface area contributed by atoms with Gasteiger partial charge < -0.3 is 10.2 Å². The summed E-state index contributed by atoms with van der Waals surface area (Å²) in [6, 6.07) is 2.09. The number of aromatic nitrogens is 1. The zero-order valence-electron chi connectivity index (χ0n) is 14.7. The Morgan fingerprint density at radius 2 is 2.17 bits per heavy atom. The van der Waals surface area contributed by atoms with Crippen molar-refractivity contribution in [2.75, 3.05) is 27.2 Å². The van der Waals surface area contributed by atoms with E-state index in [0.29, 0.717) is 0 Å². The van der Waals surface area contributed by atoms with E-state index in [1.807, 2.05) is 25.5 Å². The van der Waals surface area contributed by atoms with Crippen LogP contribution in [0.2, 0.25) is 0 Å². The van der Waals surface area contributed by atoms with Gasteiger partial charge in [0.2, 0.25) is 0 Å². The number of rotatable bonds is 9. The summed E-state index contributed by atoms with van der Waals surface area (Å²) in [6.07, 6.45) is 11.5. The number of guanidine groups is 1. The fourth-order valence-corrected chi connectivity index (χ4v) is 2.40. The van der Waals surface area contributed by atoms with Crippen LogP contribution in [0.25, 0.3) is 0 Å². The average molecular weight is 430 g/mol. The number of aryl methyl sites for hydroxylation is 1. The van der Waals surface area contributed by atoms with Crippen molar-refractivity contribution in [3.63, 3.8) is 0 Å². The van der Waals surface area contributed by atoms with Crippen molar-refractivity contribution in [3.8, 4) is 0 Å². The summed E-state index contributed by atoms with van der Waals surface area (Å²) in [7, 11) is 3.94. The first-order valence-electron chi connectivity index (χ1n) is 8.11. The molecule has 0 bridgehead atoms. The Labute approximate surface area is 158 Å². The standard InChI is InChI=1S/C18H30N4.HI/c1-5-6-7-8-9-14-22(4)18(19-3)21-13-11-17-10-12-20-15-16(17)2;/h5,10,12,15H,1,6-9,11,13-14H2,2-4H3,(H,19,21);1H. The highest BCUT2D eigenvalue weighted by atomic mass is 127. The molecule has 0 atom stereocenters. The number of unbranched alkanes of at least 4 members (excludes halogenated alkanes) is 3. The van der Waals surface area contributed by atoms with E-state index in [9.17, 15) is 0 Å². The van der Waals surface area contributed by atoms with Gasteiger partial charge in [-0.25, -0.2) is 0 Å². The van der Waals surface area contributed by atoms with E-state index in [2.05, 4.69) is 46.8 Å². The number of nitrogens with one attached hydrogen (secondary N) is 1. The minimum atomic E-state index is 0. The van der Waals surface area contributed by atoms with E-state index < -0.39 is 0 Å². The molecule has 1 aromatic rings. The van der Waals surface area contributed by atoms with Crippen LogP contribution in [0.3, 0.4) is 0 Å². The maximum Gasteiger partial charge on any atom is 0.193 e. The largest absolute Gasteiger partial charge is 0.356 e. The van der Waals surface area contributed by atoms with E-state index in [4.69, 9.17) is 0 Å². The van der Waals surface area contributed by atoms with Crippen LogP contribution >= 0.6 is 24.0 Å². The lowest BCUT2D eigenvalue weighted by atomic mass is 10.1. The second-order valence-corrected chi connectivity index (χ2v) is 5.59. The van der Waals surface area contributed by atoms with E-state index >= 15 is 0 Å². The second-order valence-electron chi connectivity index (χ2n) is 5.59. The van der Waals surface area contributed by atoms with Crippen LogP contribution in [0.4, 0.5) is 0 Å². The smallest absolute Gasteiger partial charge is 0.193 e. The molecule has 0 fully saturated rings. The Hall–Kier alpha value is -1.11. The topological polar surface area (TPSA) is 40.5 Å². The Morgan fingerprint density at radius 3 is 2.83 bits per heavy atom. The third kappa shape index (κ3) is 8.93. The van der Waals surface area contributed by atoms with Crippen LogP contribution in [-0.4, -0.2) is 43.0 Å². The molecule has 0 aliphatic heterocycles. The molecule has 0 aliphatic rings. The lowest BCUT2D eigenvalue weighted by Gasteiger charge is -2.22. The number of halogens is 1.